The third-order valence-electron chi connectivity index (χ3n) is 3.24. The Bertz CT molecular complexity index is 614. The molecule has 0 saturated heterocycles. The van der Waals surface area contributed by atoms with E-state index in [1.165, 1.54) is 0 Å². The predicted molar refractivity (Wildman–Crippen MR) is 81.5 cm³/mol. The molecule has 5 heteroatoms. The van der Waals surface area contributed by atoms with Gasteiger partial charge in [0, 0.05) is 18.3 Å². The van der Waals surface area contributed by atoms with Gasteiger partial charge in [-0.1, -0.05) is 37.3 Å². The summed E-state index contributed by atoms with van der Waals surface area (Å²) in [6, 6.07) is 11.1. The highest BCUT2D eigenvalue weighted by molar-refractivity contribution is 5.76. The molecule has 21 heavy (non-hydrogen) atoms. The Morgan fingerprint density at radius 2 is 2.00 bits per heavy atom. The monoisotopic (exact) mass is 285 g/mol. The molecule has 0 radical (unpaired) electrons. The van der Waals surface area contributed by atoms with Gasteiger partial charge < -0.3 is 10.4 Å². The van der Waals surface area contributed by atoms with Gasteiger partial charge in [-0.2, -0.15) is 0 Å². The molecule has 0 aliphatic rings. The van der Waals surface area contributed by atoms with Crippen molar-refractivity contribution in [3.63, 3.8) is 0 Å². The lowest BCUT2D eigenvalue weighted by atomic mass is 9.99. The molecule has 2 N–H and O–H groups in total. The molecule has 5 nitrogen and oxygen atoms in total. The average Bonchev–Trinajstić information content (AvgIpc) is 2.47. The van der Waals surface area contributed by atoms with Crippen molar-refractivity contribution < 1.29 is 9.90 Å². The van der Waals surface area contributed by atoms with E-state index < -0.39 is 11.9 Å². The lowest BCUT2D eigenvalue weighted by Crippen LogP contribution is -2.21. The fraction of sp³-hybridized carbons (Fsp3) is 0.312. The van der Waals surface area contributed by atoms with E-state index in [4.69, 9.17) is 0 Å². The van der Waals surface area contributed by atoms with Crippen molar-refractivity contribution in [3.05, 3.63) is 53.5 Å². The summed E-state index contributed by atoms with van der Waals surface area (Å²) < 4.78 is 0. The van der Waals surface area contributed by atoms with Crippen molar-refractivity contribution in [1.82, 2.24) is 9.97 Å². The number of nitrogens with one attached hydrogen (secondary N) is 1. The van der Waals surface area contributed by atoms with Crippen molar-refractivity contribution in [1.29, 1.82) is 0 Å². The lowest BCUT2D eigenvalue weighted by molar-refractivity contribution is -0.138. The van der Waals surface area contributed by atoms with Crippen LogP contribution in [-0.4, -0.2) is 27.6 Å². The summed E-state index contributed by atoms with van der Waals surface area (Å²) in [4.78, 5) is 20.0. The number of aromatic nitrogens is 2. The van der Waals surface area contributed by atoms with Crippen LogP contribution in [0.3, 0.4) is 0 Å². The molecule has 1 atom stereocenters. The number of nitrogens with zero attached hydrogens (tertiary/aromatic N) is 2. The normalized spacial score (nSPS) is 11.9. The topological polar surface area (TPSA) is 75.1 Å². The summed E-state index contributed by atoms with van der Waals surface area (Å²) in [6.07, 6.45) is 0.819. The molecular weight excluding hydrogens is 266 g/mol. The van der Waals surface area contributed by atoms with Gasteiger partial charge >= 0.3 is 5.97 Å². The van der Waals surface area contributed by atoms with Crippen LogP contribution in [0.1, 0.15) is 29.9 Å². The number of aliphatic carboxylic acids is 1. The minimum absolute atomic E-state index is 0.291. The molecule has 2 rings (SSSR count). The molecule has 0 saturated carbocycles. The Labute approximate surface area is 124 Å². The van der Waals surface area contributed by atoms with E-state index in [0.717, 1.165) is 17.7 Å². The maximum absolute atomic E-state index is 11.4. The van der Waals surface area contributed by atoms with Gasteiger partial charge in [-0.25, -0.2) is 9.97 Å². The number of carbonyl (C=O) groups is 1. The van der Waals surface area contributed by atoms with Crippen molar-refractivity contribution >= 4 is 11.8 Å². The standard InChI is InChI=1S/C16H19N3O2/c1-3-13-9-15(19-11(2)18-13)17-10-14(16(20)21)12-7-5-4-6-8-12/h4-9,14H,3,10H2,1-2H3,(H,20,21)(H,17,18,19). The van der Waals surface area contributed by atoms with Crippen molar-refractivity contribution in [3.8, 4) is 0 Å². The third-order valence-corrected chi connectivity index (χ3v) is 3.24. The minimum Gasteiger partial charge on any atom is -0.481 e. The molecule has 0 aliphatic heterocycles. The molecule has 1 aromatic heterocycles. The fourth-order valence-corrected chi connectivity index (χ4v) is 2.14. The highest BCUT2D eigenvalue weighted by Crippen LogP contribution is 2.17. The Hall–Kier alpha value is -2.43. The van der Waals surface area contributed by atoms with E-state index in [1.54, 1.807) is 0 Å². The summed E-state index contributed by atoms with van der Waals surface area (Å²) in [5, 5.41) is 12.5. The van der Waals surface area contributed by atoms with Crippen LogP contribution in [0.4, 0.5) is 5.82 Å². The number of carboxylic acids is 1. The zero-order valence-electron chi connectivity index (χ0n) is 12.2. The maximum Gasteiger partial charge on any atom is 0.312 e. The van der Waals surface area contributed by atoms with Crippen LogP contribution in [0.25, 0.3) is 0 Å². The number of rotatable bonds is 6. The van der Waals surface area contributed by atoms with E-state index in [9.17, 15) is 9.90 Å². The van der Waals surface area contributed by atoms with Crippen molar-refractivity contribution in [2.45, 2.75) is 26.2 Å². The molecular formula is C16H19N3O2. The van der Waals surface area contributed by atoms with Crippen molar-refractivity contribution in [2.24, 2.45) is 0 Å². The first-order valence-electron chi connectivity index (χ1n) is 6.96. The number of hydrogen-bond donors (Lipinski definition) is 2. The zero-order valence-corrected chi connectivity index (χ0v) is 12.2. The molecule has 1 unspecified atom stereocenters. The quantitative estimate of drug-likeness (QED) is 0.853. The van der Waals surface area contributed by atoms with Crippen LogP contribution in [0.15, 0.2) is 36.4 Å². The molecule has 0 fully saturated rings. The minimum atomic E-state index is -0.852. The molecule has 2 aromatic rings. The van der Waals surface area contributed by atoms with Crippen LogP contribution in [0.2, 0.25) is 0 Å². The second-order valence-electron chi connectivity index (χ2n) is 4.83. The number of hydrogen-bond acceptors (Lipinski definition) is 4. The third kappa shape index (κ3) is 4.02. The van der Waals surface area contributed by atoms with E-state index in [1.807, 2.05) is 50.2 Å². The van der Waals surface area contributed by atoms with Gasteiger partial charge in [-0.3, -0.25) is 4.79 Å². The van der Waals surface area contributed by atoms with Gasteiger partial charge in [0.2, 0.25) is 0 Å². The lowest BCUT2D eigenvalue weighted by Gasteiger charge is -2.14. The molecule has 110 valence electrons. The Kier molecular flexibility index (Phi) is 4.87. The summed E-state index contributed by atoms with van der Waals surface area (Å²) >= 11 is 0. The van der Waals surface area contributed by atoms with Gasteiger partial charge in [0.1, 0.15) is 11.6 Å². The molecule has 0 aliphatic carbocycles. The van der Waals surface area contributed by atoms with Gasteiger partial charge in [0.05, 0.1) is 5.92 Å². The van der Waals surface area contributed by atoms with Crippen LogP contribution in [0, 0.1) is 6.92 Å². The van der Waals surface area contributed by atoms with Crippen LogP contribution < -0.4 is 5.32 Å². The summed E-state index contributed by atoms with van der Waals surface area (Å²) in [6.45, 7) is 4.14. The van der Waals surface area contributed by atoms with E-state index >= 15 is 0 Å². The number of carboxylic acid groups (broad SMARTS) is 1. The smallest absolute Gasteiger partial charge is 0.312 e. The van der Waals surface area contributed by atoms with Gasteiger partial charge in [-0.15, -0.1) is 0 Å². The number of anilines is 1. The van der Waals surface area contributed by atoms with E-state index in [0.29, 0.717) is 18.2 Å². The van der Waals surface area contributed by atoms with Crippen LogP contribution in [-0.2, 0) is 11.2 Å². The van der Waals surface area contributed by atoms with E-state index in [-0.39, 0.29) is 0 Å². The average molecular weight is 285 g/mol. The molecule has 0 spiro atoms. The van der Waals surface area contributed by atoms with Crippen LogP contribution in [0.5, 0.6) is 0 Å². The Morgan fingerprint density at radius 3 is 2.62 bits per heavy atom. The highest BCUT2D eigenvalue weighted by atomic mass is 16.4. The van der Waals surface area contributed by atoms with Gasteiger partial charge in [0.15, 0.2) is 0 Å². The molecule has 1 aromatic carbocycles. The first kappa shape index (κ1) is 15.0. The molecule has 0 bridgehead atoms. The fourth-order valence-electron chi connectivity index (χ4n) is 2.14. The summed E-state index contributed by atoms with van der Waals surface area (Å²) in [5.41, 5.74) is 1.72. The number of aryl methyl sites for hydroxylation is 2. The second-order valence-corrected chi connectivity index (χ2v) is 4.83. The number of benzene rings is 1. The highest BCUT2D eigenvalue weighted by Gasteiger charge is 2.19. The largest absolute Gasteiger partial charge is 0.481 e. The first-order chi connectivity index (χ1) is 10.1. The van der Waals surface area contributed by atoms with E-state index in [2.05, 4.69) is 15.3 Å². The predicted octanol–water partition coefficient (Wildman–Crippen LogP) is 2.63. The molecule has 1 heterocycles. The summed E-state index contributed by atoms with van der Waals surface area (Å²) in [7, 11) is 0. The summed E-state index contributed by atoms with van der Waals surface area (Å²) in [5.74, 6) is -0.105. The van der Waals surface area contributed by atoms with Crippen molar-refractivity contribution in [2.75, 3.05) is 11.9 Å². The first-order valence-corrected chi connectivity index (χ1v) is 6.96. The van der Waals surface area contributed by atoms with Gasteiger partial charge in [0.25, 0.3) is 0 Å². The SMILES string of the molecule is CCc1cc(NCC(C(=O)O)c2ccccc2)nc(C)n1. The molecule has 0 amide bonds. The van der Waals surface area contributed by atoms with Crippen LogP contribution >= 0.6 is 0 Å². The van der Waals surface area contributed by atoms with Gasteiger partial charge in [-0.05, 0) is 18.9 Å². The maximum atomic E-state index is 11.4. The zero-order chi connectivity index (χ0) is 15.2. The Morgan fingerprint density at radius 1 is 1.29 bits per heavy atom. The second kappa shape index (κ2) is 6.83. The Balaban J connectivity index is 2.13.